The number of amides is 1. The maximum atomic E-state index is 12.2. The van der Waals surface area contributed by atoms with Gasteiger partial charge in [-0.1, -0.05) is 6.92 Å². The Morgan fingerprint density at radius 3 is 2.50 bits per heavy atom. The quantitative estimate of drug-likeness (QED) is 0.772. The van der Waals surface area contributed by atoms with E-state index in [1.165, 1.54) is 12.8 Å². The molecule has 1 aliphatic heterocycles. The molecule has 1 aliphatic carbocycles. The zero-order valence-corrected chi connectivity index (χ0v) is 10.4. The minimum Gasteiger partial charge on any atom is -0.340 e. The second-order valence-electron chi connectivity index (χ2n) is 5.22. The SMILES string of the molecule is CCCN(C(=O)CC1CC1)C1CCNCC1. The zero-order chi connectivity index (χ0) is 11.4. The van der Waals surface area contributed by atoms with Crippen molar-refractivity contribution in [1.82, 2.24) is 10.2 Å². The summed E-state index contributed by atoms with van der Waals surface area (Å²) in [6.45, 7) is 5.26. The average Bonchev–Trinajstić information content (AvgIpc) is 3.11. The van der Waals surface area contributed by atoms with Crippen LogP contribution in [0.2, 0.25) is 0 Å². The van der Waals surface area contributed by atoms with Crippen LogP contribution >= 0.6 is 0 Å². The van der Waals surface area contributed by atoms with E-state index in [4.69, 9.17) is 0 Å². The Kier molecular flexibility index (Phi) is 4.22. The molecular weight excluding hydrogens is 200 g/mol. The second kappa shape index (κ2) is 5.67. The molecule has 1 saturated carbocycles. The first-order chi connectivity index (χ1) is 7.81. The van der Waals surface area contributed by atoms with Gasteiger partial charge in [0.2, 0.25) is 5.91 Å². The van der Waals surface area contributed by atoms with E-state index in [0.717, 1.165) is 45.3 Å². The standard InChI is InChI=1S/C13H24N2O/c1-2-9-15(12-5-7-14-8-6-12)13(16)10-11-3-4-11/h11-12,14H,2-10H2,1H3. The highest BCUT2D eigenvalue weighted by molar-refractivity contribution is 5.77. The van der Waals surface area contributed by atoms with Gasteiger partial charge in [0.15, 0.2) is 0 Å². The molecule has 3 nitrogen and oxygen atoms in total. The first-order valence-electron chi connectivity index (χ1n) is 6.81. The number of carbonyl (C=O) groups excluding carboxylic acids is 1. The van der Waals surface area contributed by atoms with Crippen molar-refractivity contribution in [1.29, 1.82) is 0 Å². The van der Waals surface area contributed by atoms with Crippen molar-refractivity contribution in [3.05, 3.63) is 0 Å². The predicted octanol–water partition coefficient (Wildman–Crippen LogP) is 1.78. The van der Waals surface area contributed by atoms with Crippen molar-refractivity contribution >= 4 is 5.91 Å². The molecule has 16 heavy (non-hydrogen) atoms. The molecule has 2 aliphatic rings. The van der Waals surface area contributed by atoms with Crippen LogP contribution in [-0.4, -0.2) is 36.5 Å². The summed E-state index contributed by atoms with van der Waals surface area (Å²) in [6.07, 6.45) is 6.72. The number of nitrogens with zero attached hydrogens (tertiary/aromatic N) is 1. The van der Waals surface area contributed by atoms with Crippen molar-refractivity contribution in [3.8, 4) is 0 Å². The monoisotopic (exact) mass is 224 g/mol. The predicted molar refractivity (Wildman–Crippen MR) is 65.2 cm³/mol. The molecule has 2 rings (SSSR count). The maximum absolute atomic E-state index is 12.2. The number of piperidine rings is 1. The van der Waals surface area contributed by atoms with E-state index in [0.29, 0.717) is 17.9 Å². The van der Waals surface area contributed by atoms with Crippen LogP contribution in [0.1, 0.15) is 45.4 Å². The van der Waals surface area contributed by atoms with Gasteiger partial charge in [-0.25, -0.2) is 0 Å². The molecule has 0 spiro atoms. The van der Waals surface area contributed by atoms with Gasteiger partial charge in [0, 0.05) is 19.0 Å². The largest absolute Gasteiger partial charge is 0.340 e. The molecule has 0 unspecified atom stereocenters. The van der Waals surface area contributed by atoms with Crippen LogP contribution in [0.3, 0.4) is 0 Å². The third-order valence-electron chi connectivity index (χ3n) is 3.69. The van der Waals surface area contributed by atoms with E-state index >= 15 is 0 Å². The number of hydrogen-bond acceptors (Lipinski definition) is 2. The van der Waals surface area contributed by atoms with Gasteiger partial charge >= 0.3 is 0 Å². The highest BCUT2D eigenvalue weighted by Gasteiger charge is 2.30. The smallest absolute Gasteiger partial charge is 0.223 e. The summed E-state index contributed by atoms with van der Waals surface area (Å²) in [6, 6.07) is 0.507. The van der Waals surface area contributed by atoms with Gasteiger partial charge in [0.05, 0.1) is 0 Å². The Bertz CT molecular complexity index is 232. The third kappa shape index (κ3) is 3.21. The Labute approximate surface area is 98.6 Å². The summed E-state index contributed by atoms with van der Waals surface area (Å²) >= 11 is 0. The van der Waals surface area contributed by atoms with Crippen molar-refractivity contribution in [2.24, 2.45) is 5.92 Å². The van der Waals surface area contributed by atoms with Crippen molar-refractivity contribution < 1.29 is 4.79 Å². The summed E-state index contributed by atoms with van der Waals surface area (Å²) in [7, 11) is 0. The van der Waals surface area contributed by atoms with E-state index in [1.807, 2.05) is 0 Å². The van der Waals surface area contributed by atoms with E-state index in [1.54, 1.807) is 0 Å². The molecule has 3 heteroatoms. The highest BCUT2D eigenvalue weighted by atomic mass is 16.2. The lowest BCUT2D eigenvalue weighted by Crippen LogP contribution is -2.46. The fraction of sp³-hybridized carbons (Fsp3) is 0.923. The topological polar surface area (TPSA) is 32.3 Å². The Hall–Kier alpha value is -0.570. The molecule has 1 amide bonds. The molecule has 1 heterocycles. The molecule has 1 N–H and O–H groups in total. The van der Waals surface area contributed by atoms with Crippen LogP contribution in [-0.2, 0) is 4.79 Å². The minimum atomic E-state index is 0.413. The summed E-state index contributed by atoms with van der Waals surface area (Å²) in [5, 5.41) is 3.37. The van der Waals surface area contributed by atoms with Crippen molar-refractivity contribution in [3.63, 3.8) is 0 Å². The molecule has 2 fully saturated rings. The molecule has 1 saturated heterocycles. The molecule has 0 bridgehead atoms. The molecule has 0 aromatic rings. The van der Waals surface area contributed by atoms with Gasteiger partial charge < -0.3 is 10.2 Å². The second-order valence-corrected chi connectivity index (χ2v) is 5.22. The lowest BCUT2D eigenvalue weighted by molar-refractivity contribution is -0.134. The number of rotatable bonds is 5. The van der Waals surface area contributed by atoms with Gasteiger partial charge in [-0.3, -0.25) is 4.79 Å². The molecule has 0 aromatic heterocycles. The van der Waals surface area contributed by atoms with Crippen LogP contribution in [0, 0.1) is 5.92 Å². The van der Waals surface area contributed by atoms with E-state index in [-0.39, 0.29) is 0 Å². The number of carbonyl (C=O) groups is 1. The zero-order valence-electron chi connectivity index (χ0n) is 10.4. The third-order valence-corrected chi connectivity index (χ3v) is 3.69. The number of hydrogen-bond donors (Lipinski definition) is 1. The Morgan fingerprint density at radius 2 is 1.94 bits per heavy atom. The summed E-state index contributed by atoms with van der Waals surface area (Å²) in [5.41, 5.74) is 0. The van der Waals surface area contributed by atoms with Gasteiger partial charge in [0.25, 0.3) is 0 Å². The normalized spacial score (nSPS) is 22.1. The molecule has 0 radical (unpaired) electrons. The summed E-state index contributed by atoms with van der Waals surface area (Å²) in [5.74, 6) is 1.13. The molecular formula is C13H24N2O. The van der Waals surface area contributed by atoms with Gasteiger partial charge in [-0.05, 0) is 51.1 Å². The summed E-state index contributed by atoms with van der Waals surface area (Å²) < 4.78 is 0. The Balaban J connectivity index is 1.88. The molecule has 0 atom stereocenters. The van der Waals surface area contributed by atoms with Crippen LogP contribution in [0.15, 0.2) is 0 Å². The average molecular weight is 224 g/mol. The van der Waals surface area contributed by atoms with E-state index < -0.39 is 0 Å². The van der Waals surface area contributed by atoms with Crippen LogP contribution < -0.4 is 5.32 Å². The lowest BCUT2D eigenvalue weighted by atomic mass is 10.0. The van der Waals surface area contributed by atoms with E-state index in [9.17, 15) is 4.79 Å². The molecule has 0 aromatic carbocycles. The summed E-state index contributed by atoms with van der Waals surface area (Å²) in [4.78, 5) is 14.4. The van der Waals surface area contributed by atoms with Crippen LogP contribution in [0.4, 0.5) is 0 Å². The minimum absolute atomic E-state index is 0.413. The van der Waals surface area contributed by atoms with Crippen LogP contribution in [0.5, 0.6) is 0 Å². The van der Waals surface area contributed by atoms with Crippen molar-refractivity contribution in [2.45, 2.75) is 51.5 Å². The van der Waals surface area contributed by atoms with Gasteiger partial charge in [0.1, 0.15) is 0 Å². The maximum Gasteiger partial charge on any atom is 0.223 e. The fourth-order valence-electron chi connectivity index (χ4n) is 2.56. The first-order valence-corrected chi connectivity index (χ1v) is 6.81. The molecule has 92 valence electrons. The lowest BCUT2D eigenvalue weighted by Gasteiger charge is -2.34. The van der Waals surface area contributed by atoms with Crippen molar-refractivity contribution in [2.75, 3.05) is 19.6 Å². The van der Waals surface area contributed by atoms with Crippen LogP contribution in [0.25, 0.3) is 0 Å². The first kappa shape index (κ1) is 11.9. The van der Waals surface area contributed by atoms with Gasteiger partial charge in [-0.2, -0.15) is 0 Å². The van der Waals surface area contributed by atoms with Gasteiger partial charge in [-0.15, -0.1) is 0 Å². The Morgan fingerprint density at radius 1 is 1.25 bits per heavy atom. The fourth-order valence-corrected chi connectivity index (χ4v) is 2.56. The van der Waals surface area contributed by atoms with E-state index in [2.05, 4.69) is 17.1 Å². The number of nitrogens with one attached hydrogen (secondary N) is 1. The highest BCUT2D eigenvalue weighted by Crippen LogP contribution is 2.33.